The molecule has 0 saturated carbocycles. The molecule has 0 bridgehead atoms. The van der Waals surface area contributed by atoms with Crippen molar-refractivity contribution in [3.05, 3.63) is 18.0 Å². The molecule has 0 spiro atoms. The fourth-order valence-electron chi connectivity index (χ4n) is 2.09. The van der Waals surface area contributed by atoms with Gasteiger partial charge in [-0.2, -0.15) is 0 Å². The lowest BCUT2D eigenvalue weighted by Crippen LogP contribution is -2.29. The number of hydrogen-bond donors (Lipinski definition) is 1. The molecule has 0 unspecified atom stereocenters. The lowest BCUT2D eigenvalue weighted by atomic mass is 10.3. The van der Waals surface area contributed by atoms with E-state index < -0.39 is 0 Å². The van der Waals surface area contributed by atoms with Gasteiger partial charge in [-0.1, -0.05) is 0 Å². The van der Waals surface area contributed by atoms with Crippen molar-refractivity contribution in [3.8, 4) is 0 Å². The summed E-state index contributed by atoms with van der Waals surface area (Å²) in [5.41, 5.74) is 1.79. The summed E-state index contributed by atoms with van der Waals surface area (Å²) in [5, 5.41) is 0. The van der Waals surface area contributed by atoms with Gasteiger partial charge in [-0.3, -0.25) is 4.79 Å². The van der Waals surface area contributed by atoms with Gasteiger partial charge in [0.15, 0.2) is 0 Å². The number of halogens is 1. The van der Waals surface area contributed by atoms with Crippen LogP contribution < -0.4 is 3.53 Å². The number of hydrogen-bond acceptors (Lipinski definition) is 2. The predicted molar refractivity (Wildman–Crippen MR) is 72.9 cm³/mol. The average molecular weight is 333 g/mol. The fourth-order valence-corrected chi connectivity index (χ4v) is 2.38. The maximum Gasteiger partial charge on any atom is 0.270 e. The van der Waals surface area contributed by atoms with Crippen molar-refractivity contribution in [1.82, 2.24) is 9.47 Å². The minimum absolute atomic E-state index is 0.164. The van der Waals surface area contributed by atoms with Crippen LogP contribution in [0.4, 0.5) is 5.69 Å². The molecule has 1 aliphatic heterocycles. The summed E-state index contributed by atoms with van der Waals surface area (Å²) >= 11 is 2.08. The summed E-state index contributed by atoms with van der Waals surface area (Å²) in [5.74, 6) is 0.164. The quantitative estimate of drug-likeness (QED) is 0.682. The number of nitrogens with zero attached hydrogens (tertiary/aromatic N) is 2. The Balaban J connectivity index is 2.23. The molecule has 0 aliphatic carbocycles. The minimum atomic E-state index is 0.164. The number of likely N-dealkylation sites (tertiary alicyclic amines) is 1. The van der Waals surface area contributed by atoms with Gasteiger partial charge in [0.2, 0.25) is 0 Å². The number of carbonyl (C=O) groups excluding carboxylic acids is 1. The minimum Gasteiger partial charge on any atom is -0.342 e. The topological polar surface area (TPSA) is 37.3 Å². The Hall–Kier alpha value is -0.720. The molecule has 4 nitrogen and oxygen atoms in total. The van der Waals surface area contributed by atoms with Crippen LogP contribution in [0.1, 0.15) is 30.3 Å². The number of rotatable bonds is 3. The van der Waals surface area contributed by atoms with Crippen LogP contribution >= 0.6 is 22.9 Å². The summed E-state index contributed by atoms with van der Waals surface area (Å²) < 4.78 is 5.05. The van der Waals surface area contributed by atoms with Crippen molar-refractivity contribution in [1.29, 1.82) is 0 Å². The van der Waals surface area contributed by atoms with E-state index in [1.165, 1.54) is 0 Å². The second-order valence-electron chi connectivity index (χ2n) is 3.99. The first kappa shape index (κ1) is 11.8. The highest BCUT2D eigenvalue weighted by Crippen LogP contribution is 2.19. The Bertz CT molecular complexity index is 383. The molecule has 1 N–H and O–H groups in total. The number of aryl methyl sites for hydroxylation is 1. The van der Waals surface area contributed by atoms with Crippen LogP contribution in [0.2, 0.25) is 0 Å². The van der Waals surface area contributed by atoms with E-state index in [1.54, 1.807) is 0 Å². The second-order valence-corrected chi connectivity index (χ2v) is 4.53. The summed E-state index contributed by atoms with van der Waals surface area (Å²) in [7, 11) is 0. The molecule has 1 aliphatic rings. The molecular formula is C11H16IN3O. The van der Waals surface area contributed by atoms with Gasteiger partial charge in [0.25, 0.3) is 5.91 Å². The van der Waals surface area contributed by atoms with E-state index in [2.05, 4.69) is 33.3 Å². The van der Waals surface area contributed by atoms with E-state index in [1.807, 2.05) is 21.7 Å². The van der Waals surface area contributed by atoms with E-state index in [0.29, 0.717) is 0 Å². The monoisotopic (exact) mass is 333 g/mol. The second kappa shape index (κ2) is 5.07. The third kappa shape index (κ3) is 2.18. The van der Waals surface area contributed by atoms with Gasteiger partial charge >= 0.3 is 0 Å². The van der Waals surface area contributed by atoms with Gasteiger partial charge in [0, 0.05) is 25.8 Å². The van der Waals surface area contributed by atoms with Crippen LogP contribution in [0, 0.1) is 0 Å². The zero-order chi connectivity index (χ0) is 11.5. The van der Waals surface area contributed by atoms with Crippen LogP contribution in [0.25, 0.3) is 0 Å². The van der Waals surface area contributed by atoms with Crippen LogP contribution in [0.5, 0.6) is 0 Å². The number of nitrogens with one attached hydrogen (secondary N) is 1. The molecule has 1 saturated heterocycles. The third-order valence-electron chi connectivity index (χ3n) is 2.96. The maximum atomic E-state index is 12.2. The van der Waals surface area contributed by atoms with E-state index in [0.717, 1.165) is 43.9 Å². The third-order valence-corrected chi connectivity index (χ3v) is 3.58. The first-order valence-electron chi connectivity index (χ1n) is 5.62. The highest BCUT2D eigenvalue weighted by Gasteiger charge is 2.22. The highest BCUT2D eigenvalue weighted by atomic mass is 127. The Morgan fingerprint density at radius 3 is 2.75 bits per heavy atom. The lowest BCUT2D eigenvalue weighted by Gasteiger charge is -2.16. The van der Waals surface area contributed by atoms with Crippen molar-refractivity contribution >= 4 is 34.5 Å². The van der Waals surface area contributed by atoms with E-state index in [9.17, 15) is 4.79 Å². The highest BCUT2D eigenvalue weighted by molar-refractivity contribution is 14.1. The molecule has 2 rings (SSSR count). The molecule has 1 fully saturated rings. The number of carbonyl (C=O) groups is 1. The van der Waals surface area contributed by atoms with Gasteiger partial charge < -0.3 is 13.0 Å². The van der Waals surface area contributed by atoms with Gasteiger partial charge in [-0.05, 0) is 25.8 Å². The van der Waals surface area contributed by atoms with Gasteiger partial charge in [0.05, 0.1) is 28.6 Å². The number of amides is 1. The first-order chi connectivity index (χ1) is 7.76. The maximum absolute atomic E-state index is 12.2. The molecule has 88 valence electrons. The zero-order valence-corrected chi connectivity index (χ0v) is 11.5. The van der Waals surface area contributed by atoms with Crippen molar-refractivity contribution < 1.29 is 4.79 Å². The number of anilines is 1. The van der Waals surface area contributed by atoms with Crippen molar-refractivity contribution in [3.63, 3.8) is 0 Å². The molecule has 16 heavy (non-hydrogen) atoms. The van der Waals surface area contributed by atoms with Gasteiger partial charge in [0.1, 0.15) is 5.69 Å². The van der Waals surface area contributed by atoms with E-state index in [-0.39, 0.29) is 5.91 Å². The summed E-state index contributed by atoms with van der Waals surface area (Å²) in [6.07, 6.45) is 4.25. The molecule has 1 aromatic heterocycles. The van der Waals surface area contributed by atoms with Gasteiger partial charge in [-0.15, -0.1) is 0 Å². The molecular weight excluding hydrogens is 317 g/mol. The molecule has 0 atom stereocenters. The molecule has 1 aromatic rings. The van der Waals surface area contributed by atoms with E-state index in [4.69, 9.17) is 0 Å². The standard InChI is InChI=1S/C11H16IN3O/c1-2-14-8-9(13-12)7-10(14)11(16)15-5-3-4-6-15/h7-8,13H,2-6H2,1H3. The smallest absolute Gasteiger partial charge is 0.270 e. The molecule has 5 heteroatoms. The predicted octanol–water partition coefficient (Wildman–Crippen LogP) is 2.51. The zero-order valence-electron chi connectivity index (χ0n) is 9.37. The lowest BCUT2D eigenvalue weighted by molar-refractivity contribution is 0.0782. The summed E-state index contributed by atoms with van der Waals surface area (Å²) in [4.78, 5) is 14.2. The van der Waals surface area contributed by atoms with Crippen LogP contribution in [0.15, 0.2) is 12.3 Å². The molecule has 0 aromatic carbocycles. The van der Waals surface area contributed by atoms with E-state index >= 15 is 0 Å². The average Bonchev–Trinajstić information content (AvgIpc) is 2.96. The largest absolute Gasteiger partial charge is 0.342 e. The Kier molecular flexibility index (Phi) is 3.73. The van der Waals surface area contributed by atoms with Crippen LogP contribution in [0.3, 0.4) is 0 Å². The van der Waals surface area contributed by atoms with Crippen LogP contribution in [-0.4, -0.2) is 28.5 Å². The summed E-state index contributed by atoms with van der Waals surface area (Å²) in [6.45, 7) is 4.69. The Morgan fingerprint density at radius 1 is 1.50 bits per heavy atom. The summed E-state index contributed by atoms with van der Waals surface area (Å²) in [6, 6.07) is 1.93. The van der Waals surface area contributed by atoms with Crippen molar-refractivity contribution in [2.45, 2.75) is 26.3 Å². The normalized spacial score (nSPS) is 15.5. The number of aromatic nitrogens is 1. The van der Waals surface area contributed by atoms with Crippen molar-refractivity contribution in [2.24, 2.45) is 0 Å². The molecule has 2 heterocycles. The Labute approximate surface area is 109 Å². The van der Waals surface area contributed by atoms with Gasteiger partial charge in [-0.25, -0.2) is 0 Å². The SMILES string of the molecule is CCn1cc(NI)cc1C(=O)N1CCCC1. The van der Waals surface area contributed by atoms with Crippen LogP contribution in [-0.2, 0) is 6.54 Å². The van der Waals surface area contributed by atoms with Crippen molar-refractivity contribution in [2.75, 3.05) is 16.6 Å². The fraction of sp³-hybridized carbons (Fsp3) is 0.545. The molecule has 0 radical (unpaired) electrons. The Morgan fingerprint density at radius 2 is 2.19 bits per heavy atom. The first-order valence-corrected chi connectivity index (χ1v) is 6.70. The molecule has 1 amide bonds.